The van der Waals surface area contributed by atoms with Gasteiger partial charge in [-0.25, -0.2) is 4.99 Å². The van der Waals surface area contributed by atoms with E-state index in [9.17, 15) is 10.1 Å². The van der Waals surface area contributed by atoms with Gasteiger partial charge in [-0.15, -0.1) is 0 Å². The molecule has 4 aliphatic rings. The van der Waals surface area contributed by atoms with Gasteiger partial charge in [-0.3, -0.25) is 4.79 Å². The molecule has 0 spiro atoms. The van der Waals surface area contributed by atoms with Crippen LogP contribution in [-0.4, -0.2) is 35.8 Å². The first-order valence-corrected chi connectivity index (χ1v) is 9.82. The molecule has 1 amide bonds. The molecule has 0 radical (unpaired) electrons. The predicted molar refractivity (Wildman–Crippen MR) is 107 cm³/mol. The third kappa shape index (κ3) is 3.07. The van der Waals surface area contributed by atoms with Crippen molar-refractivity contribution in [3.8, 4) is 6.07 Å². The molecule has 29 heavy (non-hydrogen) atoms. The summed E-state index contributed by atoms with van der Waals surface area (Å²) in [5.41, 5.74) is 11.1. The lowest BCUT2D eigenvalue weighted by Gasteiger charge is -2.30. The molecule has 5 rings (SSSR count). The van der Waals surface area contributed by atoms with Gasteiger partial charge in [0.15, 0.2) is 0 Å². The second kappa shape index (κ2) is 6.82. The summed E-state index contributed by atoms with van der Waals surface area (Å²) >= 11 is 0. The Morgan fingerprint density at radius 3 is 3.03 bits per heavy atom. The number of rotatable bonds is 5. The number of nitrogens with zero attached hydrogens (tertiary/aromatic N) is 3. The van der Waals surface area contributed by atoms with Gasteiger partial charge in [-0.1, -0.05) is 12.1 Å². The number of hydrogen-bond donors (Lipinski definition) is 2. The molecule has 3 aliphatic heterocycles. The lowest BCUT2D eigenvalue weighted by molar-refractivity contribution is -0.120. The van der Waals surface area contributed by atoms with Crippen LogP contribution in [-0.2, 0) is 9.53 Å². The van der Waals surface area contributed by atoms with Crippen LogP contribution in [0, 0.1) is 17.2 Å². The molecule has 1 fully saturated rings. The van der Waals surface area contributed by atoms with Crippen molar-refractivity contribution in [1.29, 1.82) is 5.26 Å². The van der Waals surface area contributed by atoms with Gasteiger partial charge in [-0.2, -0.15) is 5.26 Å². The maximum absolute atomic E-state index is 11.9. The van der Waals surface area contributed by atoms with Gasteiger partial charge in [0.2, 0.25) is 5.91 Å². The van der Waals surface area contributed by atoms with Crippen LogP contribution < -0.4 is 11.1 Å². The van der Waals surface area contributed by atoms with Crippen molar-refractivity contribution in [2.24, 2.45) is 16.6 Å². The van der Waals surface area contributed by atoms with E-state index in [4.69, 9.17) is 15.5 Å². The highest BCUT2D eigenvalue weighted by molar-refractivity contribution is 6.02. The monoisotopic (exact) mass is 387 g/mol. The lowest BCUT2D eigenvalue weighted by atomic mass is 10.0. The molecule has 1 unspecified atom stereocenters. The maximum atomic E-state index is 11.9. The number of benzene rings is 1. The summed E-state index contributed by atoms with van der Waals surface area (Å²) < 4.78 is 5.79. The zero-order valence-corrected chi connectivity index (χ0v) is 15.9. The van der Waals surface area contributed by atoms with Gasteiger partial charge in [-0.05, 0) is 42.9 Å². The molecule has 1 aromatic carbocycles. The van der Waals surface area contributed by atoms with E-state index < -0.39 is 6.04 Å². The topological polar surface area (TPSA) is 104 Å². The molecule has 7 heteroatoms. The van der Waals surface area contributed by atoms with Crippen LogP contribution in [0.2, 0.25) is 0 Å². The molecule has 1 saturated carbocycles. The van der Waals surface area contributed by atoms with Crippen molar-refractivity contribution in [1.82, 2.24) is 10.2 Å². The van der Waals surface area contributed by atoms with E-state index in [1.54, 1.807) is 12.3 Å². The fourth-order valence-corrected chi connectivity index (χ4v) is 4.19. The SMILES string of the molecule is N#Cc1cccc(C2=NC=C3C(NC(C(N)=O)C4CC4)=COCC4=C3N2CC4)c1. The predicted octanol–water partition coefficient (Wildman–Crippen LogP) is 1.89. The van der Waals surface area contributed by atoms with E-state index >= 15 is 0 Å². The molecular weight excluding hydrogens is 366 g/mol. The van der Waals surface area contributed by atoms with Gasteiger partial charge in [0.25, 0.3) is 0 Å². The van der Waals surface area contributed by atoms with E-state index in [1.165, 1.54) is 5.57 Å². The average Bonchev–Trinajstić information content (AvgIpc) is 3.51. The summed E-state index contributed by atoms with van der Waals surface area (Å²) in [6.45, 7) is 1.31. The van der Waals surface area contributed by atoms with Crippen LogP contribution >= 0.6 is 0 Å². The molecule has 3 N–H and O–H groups in total. The summed E-state index contributed by atoms with van der Waals surface area (Å²) in [5, 5.41) is 12.6. The highest BCUT2D eigenvalue weighted by Gasteiger charge is 2.39. The zero-order valence-electron chi connectivity index (χ0n) is 15.9. The number of ether oxygens (including phenoxy) is 1. The van der Waals surface area contributed by atoms with Gasteiger partial charge in [0.1, 0.15) is 24.7 Å². The molecule has 7 nitrogen and oxygen atoms in total. The lowest BCUT2D eigenvalue weighted by Crippen LogP contribution is -2.43. The van der Waals surface area contributed by atoms with E-state index in [-0.39, 0.29) is 11.8 Å². The minimum Gasteiger partial charge on any atom is -0.495 e. The Balaban J connectivity index is 1.54. The number of hydrogen-bond acceptors (Lipinski definition) is 6. The highest BCUT2D eigenvalue weighted by Crippen LogP contribution is 2.39. The number of carbonyl (C=O) groups excluding carboxylic acids is 1. The van der Waals surface area contributed by atoms with Crippen LogP contribution in [0.4, 0.5) is 0 Å². The van der Waals surface area contributed by atoms with E-state index in [0.717, 1.165) is 54.2 Å². The van der Waals surface area contributed by atoms with Gasteiger partial charge >= 0.3 is 0 Å². The fraction of sp³-hybridized carbons (Fsp3) is 0.318. The van der Waals surface area contributed by atoms with Gasteiger partial charge in [0.05, 0.1) is 23.0 Å². The number of amides is 1. The Hall–Kier alpha value is -3.53. The summed E-state index contributed by atoms with van der Waals surface area (Å²) in [5.74, 6) is 0.761. The average molecular weight is 387 g/mol. The first-order valence-electron chi connectivity index (χ1n) is 9.82. The highest BCUT2D eigenvalue weighted by atomic mass is 16.5. The van der Waals surface area contributed by atoms with Crippen LogP contribution in [0.25, 0.3) is 0 Å². The fourth-order valence-electron chi connectivity index (χ4n) is 4.19. The summed E-state index contributed by atoms with van der Waals surface area (Å²) in [4.78, 5) is 18.8. The minimum absolute atomic E-state index is 0.279. The van der Waals surface area contributed by atoms with Crippen molar-refractivity contribution in [3.63, 3.8) is 0 Å². The Labute approximate surface area is 168 Å². The number of nitrogens with two attached hydrogens (primary N) is 1. The molecule has 1 aromatic rings. The smallest absolute Gasteiger partial charge is 0.240 e. The number of amidine groups is 1. The molecule has 3 heterocycles. The van der Waals surface area contributed by atoms with Gasteiger partial charge in [0, 0.05) is 23.9 Å². The molecule has 1 atom stereocenters. The molecule has 0 aromatic heterocycles. The number of nitrogens with one attached hydrogen (secondary N) is 1. The third-order valence-electron chi connectivity index (χ3n) is 5.78. The Morgan fingerprint density at radius 2 is 2.28 bits per heavy atom. The number of aliphatic imine (C=N–C) groups is 1. The number of primary amides is 1. The van der Waals surface area contributed by atoms with Crippen LogP contribution in [0.15, 0.2) is 64.3 Å². The van der Waals surface area contributed by atoms with E-state index in [0.29, 0.717) is 12.2 Å². The van der Waals surface area contributed by atoms with Crippen molar-refractivity contribution in [2.45, 2.75) is 25.3 Å². The minimum atomic E-state index is -0.402. The largest absolute Gasteiger partial charge is 0.495 e. The Morgan fingerprint density at radius 1 is 1.41 bits per heavy atom. The normalized spacial score (nSPS) is 21.1. The van der Waals surface area contributed by atoms with Crippen LogP contribution in [0.5, 0.6) is 0 Å². The summed E-state index contributed by atoms with van der Waals surface area (Å²) in [6.07, 6.45) is 6.39. The van der Waals surface area contributed by atoms with E-state index in [2.05, 4.69) is 16.3 Å². The van der Waals surface area contributed by atoms with Crippen LogP contribution in [0.1, 0.15) is 30.4 Å². The molecule has 146 valence electrons. The van der Waals surface area contributed by atoms with Crippen molar-refractivity contribution >= 4 is 11.7 Å². The summed E-state index contributed by atoms with van der Waals surface area (Å²) in [6, 6.07) is 9.27. The third-order valence-corrected chi connectivity index (χ3v) is 5.78. The Kier molecular flexibility index (Phi) is 4.13. The summed E-state index contributed by atoms with van der Waals surface area (Å²) in [7, 11) is 0. The molecule has 0 bridgehead atoms. The van der Waals surface area contributed by atoms with Crippen molar-refractivity contribution < 1.29 is 9.53 Å². The Bertz CT molecular complexity index is 1060. The maximum Gasteiger partial charge on any atom is 0.240 e. The molecular formula is C22H21N5O2. The number of carbonyl (C=O) groups is 1. The van der Waals surface area contributed by atoms with Crippen molar-refractivity contribution in [2.75, 3.05) is 13.2 Å². The molecule has 0 saturated heterocycles. The second-order valence-electron chi connectivity index (χ2n) is 7.75. The van der Waals surface area contributed by atoms with Gasteiger partial charge < -0.3 is 20.7 Å². The van der Waals surface area contributed by atoms with Crippen LogP contribution in [0.3, 0.4) is 0 Å². The van der Waals surface area contributed by atoms with E-state index in [1.807, 2.05) is 24.4 Å². The first-order chi connectivity index (χ1) is 14.2. The van der Waals surface area contributed by atoms with Crippen molar-refractivity contribution in [3.05, 3.63) is 70.4 Å². The second-order valence-corrected chi connectivity index (χ2v) is 7.75. The molecule has 1 aliphatic carbocycles. The quantitative estimate of drug-likeness (QED) is 0.803. The zero-order chi connectivity index (χ0) is 20.0. The number of nitriles is 1. The first kappa shape index (κ1) is 17.6. The standard InChI is InChI=1S/C22H21N5O2/c23-9-13-2-1-3-15(8-13)22-25-10-17-18(26-19(21(24)28)14-4-5-14)12-29-11-16-6-7-27(22)20(16)17/h1-3,8,10,12,14,19,26H,4-7,11H2,(H2,24,28).